The third-order valence-electron chi connectivity index (χ3n) is 3.51. The normalized spacial score (nSPS) is 34.1. The summed E-state index contributed by atoms with van der Waals surface area (Å²) in [6.07, 6.45) is 0. The van der Waals surface area contributed by atoms with E-state index in [2.05, 4.69) is 4.74 Å². The van der Waals surface area contributed by atoms with Crippen LogP contribution in [0.25, 0.3) is 0 Å². The maximum Gasteiger partial charge on any atom is 0.343 e. The van der Waals surface area contributed by atoms with Crippen LogP contribution in [0.15, 0.2) is 0 Å². The Morgan fingerprint density at radius 1 is 1.39 bits per heavy atom. The highest BCUT2D eigenvalue weighted by Gasteiger charge is 2.62. The molecule has 18 heavy (non-hydrogen) atoms. The number of carbonyl (C=O) groups excluding carboxylic acids is 2. The van der Waals surface area contributed by atoms with Gasteiger partial charge in [-0.2, -0.15) is 0 Å². The summed E-state index contributed by atoms with van der Waals surface area (Å²) < 4.78 is 15.5. The molecule has 1 heterocycles. The highest BCUT2D eigenvalue weighted by atomic mass is 16.8. The van der Waals surface area contributed by atoms with Crippen molar-refractivity contribution < 1.29 is 23.8 Å². The first-order valence-electron chi connectivity index (χ1n) is 5.75. The van der Waals surface area contributed by atoms with Gasteiger partial charge in [-0.3, -0.25) is 4.79 Å². The lowest BCUT2D eigenvalue weighted by atomic mass is 9.86. The maximum absolute atomic E-state index is 12.0. The Bertz CT molecular complexity index is 375. The third-order valence-corrected chi connectivity index (χ3v) is 3.51. The summed E-state index contributed by atoms with van der Waals surface area (Å²) in [5.74, 6) is -2.50. The van der Waals surface area contributed by atoms with Crippen molar-refractivity contribution in [1.29, 1.82) is 0 Å². The van der Waals surface area contributed by atoms with Crippen LogP contribution in [0.4, 0.5) is 0 Å². The molecule has 1 aliphatic rings. The Labute approximate surface area is 107 Å². The second kappa shape index (κ2) is 4.20. The van der Waals surface area contributed by atoms with Crippen molar-refractivity contribution in [2.24, 2.45) is 11.1 Å². The second-order valence-corrected chi connectivity index (χ2v) is 5.80. The molecule has 0 bridgehead atoms. The summed E-state index contributed by atoms with van der Waals surface area (Å²) in [4.78, 5) is 23.5. The van der Waals surface area contributed by atoms with E-state index in [1.807, 2.05) is 20.8 Å². The molecule has 0 radical (unpaired) electrons. The Morgan fingerprint density at radius 2 is 1.89 bits per heavy atom. The molecule has 6 nitrogen and oxygen atoms in total. The van der Waals surface area contributed by atoms with Crippen molar-refractivity contribution in [1.82, 2.24) is 0 Å². The van der Waals surface area contributed by atoms with E-state index in [1.165, 1.54) is 14.0 Å². The Balaban J connectivity index is 3.07. The third kappa shape index (κ3) is 2.10. The number of nitrogens with two attached hydrogens (primary N) is 1. The molecule has 1 aliphatic heterocycles. The van der Waals surface area contributed by atoms with Crippen LogP contribution in [0, 0.1) is 5.41 Å². The number of hydrogen-bond donors (Lipinski definition) is 1. The van der Waals surface area contributed by atoms with Gasteiger partial charge in [-0.05, 0) is 6.92 Å². The average Bonchev–Trinajstić information content (AvgIpc) is 2.48. The van der Waals surface area contributed by atoms with Crippen molar-refractivity contribution in [3.63, 3.8) is 0 Å². The molecule has 0 aromatic carbocycles. The number of hydrogen-bond acceptors (Lipinski definition) is 6. The second-order valence-electron chi connectivity index (χ2n) is 5.80. The minimum atomic E-state index is -1.53. The fourth-order valence-corrected chi connectivity index (χ4v) is 1.59. The highest BCUT2D eigenvalue weighted by Crippen LogP contribution is 2.44. The lowest BCUT2D eigenvalue weighted by molar-refractivity contribution is -0.232. The van der Waals surface area contributed by atoms with Gasteiger partial charge < -0.3 is 19.9 Å². The SMILES string of the molecule is COC(=O)C(N)[C@@]1(C)O[C@](C)(C(C)(C)C)OC1=O. The topological polar surface area (TPSA) is 87.8 Å². The summed E-state index contributed by atoms with van der Waals surface area (Å²) in [5, 5.41) is 0. The fraction of sp³-hybridized carbons (Fsp3) is 0.833. The minimum Gasteiger partial charge on any atom is -0.468 e. The molecular weight excluding hydrogens is 238 g/mol. The molecule has 0 aliphatic carbocycles. The lowest BCUT2D eigenvalue weighted by Gasteiger charge is -2.37. The summed E-state index contributed by atoms with van der Waals surface area (Å²) in [6.45, 7) is 8.70. The predicted molar refractivity (Wildman–Crippen MR) is 63.4 cm³/mol. The van der Waals surface area contributed by atoms with Gasteiger partial charge >= 0.3 is 11.9 Å². The van der Waals surface area contributed by atoms with Crippen molar-refractivity contribution in [3.8, 4) is 0 Å². The van der Waals surface area contributed by atoms with E-state index in [1.54, 1.807) is 6.92 Å². The maximum atomic E-state index is 12.0. The van der Waals surface area contributed by atoms with Crippen LogP contribution in [-0.2, 0) is 23.8 Å². The smallest absolute Gasteiger partial charge is 0.343 e. The van der Waals surface area contributed by atoms with Crippen LogP contribution < -0.4 is 5.73 Å². The Kier molecular flexibility index (Phi) is 3.49. The van der Waals surface area contributed by atoms with E-state index in [-0.39, 0.29) is 0 Å². The Morgan fingerprint density at radius 3 is 2.22 bits per heavy atom. The van der Waals surface area contributed by atoms with E-state index in [9.17, 15) is 9.59 Å². The summed E-state index contributed by atoms with van der Waals surface area (Å²) in [7, 11) is 1.20. The van der Waals surface area contributed by atoms with Crippen LogP contribution >= 0.6 is 0 Å². The van der Waals surface area contributed by atoms with Crippen LogP contribution in [0.5, 0.6) is 0 Å². The molecule has 6 heteroatoms. The van der Waals surface area contributed by atoms with Gasteiger partial charge in [0.05, 0.1) is 7.11 Å². The van der Waals surface area contributed by atoms with Gasteiger partial charge in [0.1, 0.15) is 6.04 Å². The molecule has 1 rings (SSSR count). The number of carbonyl (C=O) groups is 2. The zero-order valence-electron chi connectivity index (χ0n) is 11.7. The monoisotopic (exact) mass is 259 g/mol. The van der Waals surface area contributed by atoms with E-state index in [0.717, 1.165) is 0 Å². The van der Waals surface area contributed by atoms with Gasteiger partial charge in [-0.25, -0.2) is 4.79 Å². The lowest BCUT2D eigenvalue weighted by Crippen LogP contribution is -2.56. The van der Waals surface area contributed by atoms with Crippen LogP contribution in [-0.4, -0.2) is 36.5 Å². The van der Waals surface area contributed by atoms with Crippen molar-refractivity contribution >= 4 is 11.9 Å². The molecule has 2 N–H and O–H groups in total. The predicted octanol–water partition coefficient (Wildman–Crippen LogP) is 0.581. The molecule has 3 atom stereocenters. The largest absolute Gasteiger partial charge is 0.468 e. The molecule has 0 aromatic heterocycles. The fourth-order valence-electron chi connectivity index (χ4n) is 1.59. The number of esters is 2. The summed E-state index contributed by atoms with van der Waals surface area (Å²) in [6, 6.07) is -1.22. The van der Waals surface area contributed by atoms with Crippen LogP contribution in [0.1, 0.15) is 34.6 Å². The first-order valence-corrected chi connectivity index (χ1v) is 5.75. The van der Waals surface area contributed by atoms with Gasteiger partial charge in [0, 0.05) is 12.3 Å². The molecule has 0 saturated carbocycles. The zero-order valence-corrected chi connectivity index (χ0v) is 11.7. The van der Waals surface area contributed by atoms with Gasteiger partial charge in [0.2, 0.25) is 5.79 Å². The van der Waals surface area contributed by atoms with E-state index in [0.29, 0.717) is 0 Å². The summed E-state index contributed by atoms with van der Waals surface area (Å²) >= 11 is 0. The first kappa shape index (κ1) is 14.9. The molecular formula is C12H21NO5. The number of ether oxygens (including phenoxy) is 3. The quantitative estimate of drug-likeness (QED) is 0.730. The molecule has 0 spiro atoms. The molecule has 104 valence electrons. The summed E-state index contributed by atoms with van der Waals surface area (Å²) in [5.41, 5.74) is 3.74. The van der Waals surface area contributed by atoms with Gasteiger partial charge in [-0.15, -0.1) is 0 Å². The average molecular weight is 259 g/mol. The molecule has 1 fully saturated rings. The highest BCUT2D eigenvalue weighted by molar-refractivity contribution is 5.90. The van der Waals surface area contributed by atoms with Crippen molar-refractivity contribution in [2.45, 2.75) is 52.0 Å². The van der Waals surface area contributed by atoms with Crippen molar-refractivity contribution in [2.75, 3.05) is 7.11 Å². The minimum absolute atomic E-state index is 0.448. The van der Waals surface area contributed by atoms with E-state index >= 15 is 0 Å². The number of methoxy groups -OCH3 is 1. The van der Waals surface area contributed by atoms with Gasteiger partial charge in [-0.1, -0.05) is 20.8 Å². The Hall–Kier alpha value is -1.14. The van der Waals surface area contributed by atoms with Crippen molar-refractivity contribution in [3.05, 3.63) is 0 Å². The van der Waals surface area contributed by atoms with Crippen LogP contribution in [0.3, 0.4) is 0 Å². The van der Waals surface area contributed by atoms with Crippen LogP contribution in [0.2, 0.25) is 0 Å². The van der Waals surface area contributed by atoms with E-state index in [4.69, 9.17) is 15.2 Å². The van der Waals surface area contributed by atoms with E-state index < -0.39 is 34.8 Å². The molecule has 1 unspecified atom stereocenters. The molecule has 0 amide bonds. The number of cyclic esters (lactones) is 1. The first-order chi connectivity index (χ1) is 7.98. The number of rotatable bonds is 2. The standard InChI is InChI=1S/C12H21NO5/c1-10(2,3)12(5)17-9(15)11(4,18-12)7(13)8(14)16-6/h7H,13H2,1-6H3/t7?,11-,12-/m1/s1. The van der Waals surface area contributed by atoms with Gasteiger partial charge in [0.15, 0.2) is 5.60 Å². The molecule has 1 saturated heterocycles. The molecule has 0 aromatic rings. The zero-order chi connectivity index (χ0) is 14.4. The van der Waals surface area contributed by atoms with Gasteiger partial charge in [0.25, 0.3) is 0 Å².